The Morgan fingerprint density at radius 1 is 1.20 bits per heavy atom. The summed E-state index contributed by atoms with van der Waals surface area (Å²) < 4.78 is 5.65. The number of amides is 4. The Labute approximate surface area is 144 Å². The third-order valence-corrected chi connectivity index (χ3v) is 4.32. The number of imide groups is 1. The number of rotatable bonds is 4. The zero-order chi connectivity index (χ0) is 18.0. The molecule has 132 valence electrons. The molecule has 0 radical (unpaired) electrons. The van der Waals surface area contributed by atoms with Gasteiger partial charge in [-0.1, -0.05) is 12.1 Å². The van der Waals surface area contributed by atoms with E-state index in [9.17, 15) is 19.2 Å². The molecule has 0 saturated carbocycles. The molecule has 0 bridgehead atoms. The second-order valence-corrected chi connectivity index (χ2v) is 5.88. The molecular weight excluding hydrogens is 326 g/mol. The minimum atomic E-state index is -0.807. The zero-order valence-electron chi connectivity index (χ0n) is 13.9. The van der Waals surface area contributed by atoms with Crippen molar-refractivity contribution in [2.24, 2.45) is 0 Å². The van der Waals surface area contributed by atoms with E-state index in [2.05, 4.69) is 5.32 Å². The van der Waals surface area contributed by atoms with Gasteiger partial charge in [-0.3, -0.25) is 24.1 Å². The SMILES string of the molecule is CNC(=O)[C@@H]1CN(C(=O)CCN2C(=O)CCC2=O)c2ccccc2O1. The number of para-hydroxylation sites is 2. The van der Waals surface area contributed by atoms with E-state index in [0.717, 1.165) is 4.90 Å². The fourth-order valence-electron chi connectivity index (χ4n) is 2.98. The Balaban J connectivity index is 1.75. The largest absolute Gasteiger partial charge is 0.477 e. The van der Waals surface area contributed by atoms with Gasteiger partial charge in [-0.05, 0) is 12.1 Å². The number of carbonyl (C=O) groups is 4. The van der Waals surface area contributed by atoms with Crippen LogP contribution in [-0.2, 0) is 19.2 Å². The summed E-state index contributed by atoms with van der Waals surface area (Å²) in [7, 11) is 1.50. The molecule has 8 nitrogen and oxygen atoms in total. The number of nitrogens with zero attached hydrogens (tertiary/aromatic N) is 2. The highest BCUT2D eigenvalue weighted by Crippen LogP contribution is 2.33. The number of hydrogen-bond acceptors (Lipinski definition) is 5. The maximum absolute atomic E-state index is 12.7. The van der Waals surface area contributed by atoms with E-state index < -0.39 is 6.10 Å². The first kappa shape index (κ1) is 16.9. The summed E-state index contributed by atoms with van der Waals surface area (Å²) in [6.45, 7) is 0.137. The van der Waals surface area contributed by atoms with Crippen LogP contribution in [0.15, 0.2) is 24.3 Å². The summed E-state index contributed by atoms with van der Waals surface area (Å²) in [5, 5.41) is 2.51. The number of anilines is 1. The van der Waals surface area contributed by atoms with Crippen LogP contribution in [0.25, 0.3) is 0 Å². The maximum atomic E-state index is 12.7. The van der Waals surface area contributed by atoms with Crippen molar-refractivity contribution in [1.82, 2.24) is 10.2 Å². The Bertz CT molecular complexity index is 717. The van der Waals surface area contributed by atoms with Crippen LogP contribution in [-0.4, -0.2) is 54.8 Å². The first-order chi connectivity index (χ1) is 12.0. The lowest BCUT2D eigenvalue weighted by atomic mass is 10.1. The zero-order valence-corrected chi connectivity index (χ0v) is 13.9. The van der Waals surface area contributed by atoms with Crippen molar-refractivity contribution in [2.45, 2.75) is 25.4 Å². The smallest absolute Gasteiger partial charge is 0.262 e. The van der Waals surface area contributed by atoms with Crippen molar-refractivity contribution in [3.8, 4) is 5.75 Å². The van der Waals surface area contributed by atoms with Gasteiger partial charge in [0, 0.05) is 32.9 Å². The molecule has 0 unspecified atom stereocenters. The van der Waals surface area contributed by atoms with Gasteiger partial charge in [-0.2, -0.15) is 0 Å². The van der Waals surface area contributed by atoms with Crippen LogP contribution in [0.3, 0.4) is 0 Å². The predicted molar refractivity (Wildman–Crippen MR) is 87.8 cm³/mol. The maximum Gasteiger partial charge on any atom is 0.262 e. The van der Waals surface area contributed by atoms with Gasteiger partial charge in [0.05, 0.1) is 12.2 Å². The van der Waals surface area contributed by atoms with Gasteiger partial charge >= 0.3 is 0 Å². The van der Waals surface area contributed by atoms with Crippen LogP contribution in [0, 0.1) is 0 Å². The molecule has 0 spiro atoms. The Kier molecular flexibility index (Phi) is 4.69. The number of fused-ring (bicyclic) bond motifs is 1. The summed E-state index contributed by atoms with van der Waals surface area (Å²) in [5.41, 5.74) is 0.576. The highest BCUT2D eigenvalue weighted by molar-refractivity contribution is 6.03. The molecule has 1 atom stereocenters. The molecule has 0 aliphatic carbocycles. The molecule has 25 heavy (non-hydrogen) atoms. The first-order valence-electron chi connectivity index (χ1n) is 8.12. The van der Waals surface area contributed by atoms with Crippen LogP contribution in [0.4, 0.5) is 5.69 Å². The van der Waals surface area contributed by atoms with Crippen LogP contribution < -0.4 is 15.0 Å². The van der Waals surface area contributed by atoms with Crippen molar-refractivity contribution >= 4 is 29.3 Å². The van der Waals surface area contributed by atoms with Crippen molar-refractivity contribution in [3.05, 3.63) is 24.3 Å². The lowest BCUT2D eigenvalue weighted by Gasteiger charge is -2.34. The van der Waals surface area contributed by atoms with Crippen LogP contribution in [0.2, 0.25) is 0 Å². The van der Waals surface area contributed by atoms with Gasteiger partial charge < -0.3 is 15.0 Å². The monoisotopic (exact) mass is 345 g/mol. The van der Waals surface area contributed by atoms with Crippen molar-refractivity contribution in [1.29, 1.82) is 0 Å². The Morgan fingerprint density at radius 2 is 1.88 bits per heavy atom. The van der Waals surface area contributed by atoms with Gasteiger partial charge in [-0.15, -0.1) is 0 Å². The van der Waals surface area contributed by atoms with Crippen LogP contribution in [0.1, 0.15) is 19.3 Å². The summed E-state index contributed by atoms with van der Waals surface area (Å²) in [6, 6.07) is 6.96. The molecule has 1 fully saturated rings. The molecule has 3 rings (SSSR count). The molecule has 2 heterocycles. The number of ether oxygens (including phenoxy) is 1. The molecule has 1 aromatic carbocycles. The van der Waals surface area contributed by atoms with Crippen LogP contribution in [0.5, 0.6) is 5.75 Å². The standard InChI is InChI=1S/C17H19N3O5/c1-18-17(24)13-10-20(11-4-2-3-5-12(11)25-13)16(23)8-9-19-14(21)6-7-15(19)22/h2-5,13H,6-10H2,1H3,(H,18,24)/t13-/m0/s1. The van der Waals surface area contributed by atoms with Crippen molar-refractivity contribution < 1.29 is 23.9 Å². The van der Waals surface area contributed by atoms with E-state index in [1.807, 2.05) is 0 Å². The van der Waals surface area contributed by atoms with Gasteiger partial charge in [-0.25, -0.2) is 0 Å². The predicted octanol–water partition coefficient (Wildman–Crippen LogP) is 0.0657. The second-order valence-electron chi connectivity index (χ2n) is 5.88. The number of carbonyl (C=O) groups excluding carboxylic acids is 4. The lowest BCUT2D eigenvalue weighted by molar-refractivity contribution is -0.138. The lowest BCUT2D eigenvalue weighted by Crippen LogP contribution is -2.50. The highest BCUT2D eigenvalue weighted by atomic mass is 16.5. The van der Waals surface area contributed by atoms with Gasteiger partial charge in [0.1, 0.15) is 5.75 Å². The molecule has 2 aliphatic heterocycles. The fourth-order valence-corrected chi connectivity index (χ4v) is 2.98. The molecule has 1 N–H and O–H groups in total. The molecule has 1 saturated heterocycles. The van der Waals surface area contributed by atoms with E-state index in [1.54, 1.807) is 24.3 Å². The number of likely N-dealkylation sites (N-methyl/N-ethyl adjacent to an activating group) is 1. The third-order valence-electron chi connectivity index (χ3n) is 4.32. The van der Waals surface area contributed by atoms with E-state index >= 15 is 0 Å². The molecule has 1 aromatic rings. The highest BCUT2D eigenvalue weighted by Gasteiger charge is 2.34. The molecule has 8 heteroatoms. The van der Waals surface area contributed by atoms with E-state index in [4.69, 9.17) is 4.74 Å². The summed E-state index contributed by atoms with van der Waals surface area (Å²) >= 11 is 0. The van der Waals surface area contributed by atoms with E-state index in [0.29, 0.717) is 11.4 Å². The average molecular weight is 345 g/mol. The minimum Gasteiger partial charge on any atom is -0.477 e. The van der Waals surface area contributed by atoms with Gasteiger partial charge in [0.2, 0.25) is 17.7 Å². The average Bonchev–Trinajstić information content (AvgIpc) is 2.95. The van der Waals surface area contributed by atoms with E-state index in [1.165, 1.54) is 11.9 Å². The fraction of sp³-hybridized carbons (Fsp3) is 0.412. The first-order valence-corrected chi connectivity index (χ1v) is 8.12. The molecule has 2 aliphatic rings. The Morgan fingerprint density at radius 3 is 2.56 bits per heavy atom. The van der Waals surface area contributed by atoms with E-state index in [-0.39, 0.29) is 56.0 Å². The Hall–Kier alpha value is -2.90. The quantitative estimate of drug-likeness (QED) is 0.779. The van der Waals surface area contributed by atoms with Gasteiger partial charge in [0.15, 0.2) is 6.10 Å². The number of benzene rings is 1. The topological polar surface area (TPSA) is 96.0 Å². The molecule has 0 aromatic heterocycles. The second kappa shape index (κ2) is 6.92. The molecular formula is C17H19N3O5. The van der Waals surface area contributed by atoms with Gasteiger partial charge in [0.25, 0.3) is 5.91 Å². The number of likely N-dealkylation sites (tertiary alicyclic amines) is 1. The minimum absolute atomic E-state index is 0.00623. The molecule has 4 amide bonds. The summed E-state index contributed by atoms with van der Waals surface area (Å²) in [4.78, 5) is 50.5. The van der Waals surface area contributed by atoms with Crippen molar-refractivity contribution in [3.63, 3.8) is 0 Å². The summed E-state index contributed by atoms with van der Waals surface area (Å²) in [6.07, 6.45) is -0.399. The van der Waals surface area contributed by atoms with Crippen molar-refractivity contribution in [2.75, 3.05) is 25.0 Å². The van der Waals surface area contributed by atoms with Crippen LogP contribution >= 0.6 is 0 Å². The summed E-state index contributed by atoms with van der Waals surface area (Å²) in [5.74, 6) is -0.634. The number of hydrogen-bond donors (Lipinski definition) is 1. The number of nitrogens with one attached hydrogen (secondary N) is 1. The third kappa shape index (κ3) is 3.33. The normalized spacial score (nSPS) is 19.5.